The average molecular weight is 1580 g/mol. The maximum absolute atomic E-state index is 11.5. The molecule has 11 heteroatoms. The molecule has 5 aliphatic carbocycles. The van der Waals surface area contributed by atoms with Gasteiger partial charge < -0.3 is 50.7 Å². The van der Waals surface area contributed by atoms with Gasteiger partial charge in [0.05, 0.1) is 19.3 Å². The van der Waals surface area contributed by atoms with Crippen molar-refractivity contribution >= 4 is 17.9 Å². The number of benzene rings is 12. The first-order chi connectivity index (χ1) is 56.6. The van der Waals surface area contributed by atoms with Crippen molar-refractivity contribution in [1.82, 2.24) is 0 Å². The third-order valence-electron chi connectivity index (χ3n) is 23.9. The van der Waals surface area contributed by atoms with Crippen LogP contribution >= 0.6 is 0 Å². The fourth-order valence-corrected chi connectivity index (χ4v) is 17.0. The van der Waals surface area contributed by atoms with Crippen LogP contribution in [0, 0.1) is 108 Å². The fraction of sp³-hybridized carbons (Fsp3) is 0.250. The number of carbonyl (C=O) groups excluding carboxylic acids is 1. The maximum atomic E-state index is 11.5. The molecule has 0 saturated heterocycles. The molecule has 9 N–H and O–H groups in total. The summed E-state index contributed by atoms with van der Waals surface area (Å²) < 4.78 is 5.43. The number of ketones is 1. The SMILES string of the molecule is C#CC1(O)CCc2cc(-c3cc(C)c(O)c(C)c3)ccc21.C#CC1(O)CCc2cc(-c3cc(C)c(OC)c(C)c3)ccc21.Cc1cc(-c2ccc(C(C)O)cc2)cc(C)c1O.Cc1cc(-c2ccc3c(c2)C=CC3=O)cc(C)c1O.Cc1cc(-c2ccc3c(c2)C=CC3C)cc(C)c1O.Cc1cc(-c2ccc3c(c2)CCCC3O)cc(C)c1O. The largest absolute Gasteiger partial charge is 0.507 e. The summed E-state index contributed by atoms with van der Waals surface area (Å²) in [5.41, 5.74) is 34.0. The topological polar surface area (TPSA) is 208 Å². The number of ether oxygens (including phenoxy) is 1. The minimum atomic E-state index is -1.12. The van der Waals surface area contributed by atoms with Crippen LogP contribution in [0.25, 0.3) is 78.9 Å². The lowest BCUT2D eigenvalue weighted by Gasteiger charge is -2.22. The van der Waals surface area contributed by atoms with Gasteiger partial charge in [-0.1, -0.05) is 134 Å². The third kappa shape index (κ3) is 18.6. The van der Waals surface area contributed by atoms with E-state index in [4.69, 9.17) is 17.6 Å². The molecule has 12 aromatic carbocycles. The summed E-state index contributed by atoms with van der Waals surface area (Å²) in [4.78, 5) is 11.5. The number of carbonyl (C=O) groups is 1. The first-order valence-electron chi connectivity index (χ1n) is 40.7. The Morgan fingerprint density at radius 1 is 0.395 bits per heavy atom. The van der Waals surface area contributed by atoms with Crippen LogP contribution in [-0.2, 0) is 30.5 Å². The number of aromatic hydroxyl groups is 5. The zero-order valence-electron chi connectivity index (χ0n) is 70.9. The number of aliphatic hydroxyl groups excluding tert-OH is 2. The molecule has 0 aromatic heterocycles. The van der Waals surface area contributed by atoms with Crippen molar-refractivity contribution in [3.8, 4) is 126 Å². The summed E-state index contributed by atoms with van der Waals surface area (Å²) in [5.74, 6) is 8.39. The van der Waals surface area contributed by atoms with E-state index in [0.29, 0.717) is 47.5 Å². The van der Waals surface area contributed by atoms with E-state index in [1.54, 1.807) is 20.1 Å². The summed E-state index contributed by atoms with van der Waals surface area (Å²) >= 11 is 0. The van der Waals surface area contributed by atoms with E-state index in [-0.39, 0.29) is 11.9 Å². The molecule has 0 bridgehead atoms. The molecule has 0 saturated carbocycles. The van der Waals surface area contributed by atoms with Gasteiger partial charge in [0.15, 0.2) is 17.0 Å². The minimum absolute atomic E-state index is 0.0691. The van der Waals surface area contributed by atoms with Crippen LogP contribution in [0.3, 0.4) is 0 Å². The zero-order chi connectivity index (χ0) is 85.8. The highest BCUT2D eigenvalue weighted by molar-refractivity contribution is 6.14. The number of terminal acetylenes is 2. The molecule has 12 aromatic rings. The molecule has 0 heterocycles. The van der Waals surface area contributed by atoms with E-state index in [2.05, 4.69) is 99.4 Å². The van der Waals surface area contributed by atoms with Gasteiger partial charge in [0, 0.05) is 5.56 Å². The molecule has 0 radical (unpaired) electrons. The standard InChI is InChI=1S/C20H20O2.C19H18O2.C18H20O2.C18H18O.C17H14O2.C16H18O2/c1-5-20(21)9-8-16-12-15(6-7-18(16)20)17-10-13(2)19(22-4)14(3)11-17;1-4-19(21)8-7-15-11-14(5-6-17(15)19)16-9-12(2)18(20)13(3)10-16;1-11-8-15(9-12(2)18(11)20)13-6-7-16-14(10-13)4-3-5-17(16)19;1-11-4-5-15-10-14(6-7-17(11)15)16-8-12(2)18(19)13(3)9-16;1-10-7-14(8-11(2)17(10)19)12-3-5-15-13(9-12)4-6-16(15)18;1-10-8-15(9-11(2)16(10)18)14-6-4-13(5-7-14)12(3)17/h1,6-7,10-12,21H,8-9H2,2-4H3;1,5-6,9-11,20-21H,7-8H2,2-3H3;6-10,17,19-20H,3-5H2,1-2H3;4-11,19H,1-3H3;3-9,19H,1-2H3;4-9,12,17-18H,1-3H3. The lowest BCUT2D eigenvalue weighted by atomic mass is 9.87. The molecule has 606 valence electrons. The second kappa shape index (κ2) is 35.8. The van der Waals surface area contributed by atoms with Gasteiger partial charge >= 0.3 is 0 Å². The molecule has 5 aliphatic rings. The van der Waals surface area contributed by atoms with Crippen LogP contribution in [-0.4, -0.2) is 58.9 Å². The molecule has 0 fully saturated rings. The van der Waals surface area contributed by atoms with Gasteiger partial charge in [0.25, 0.3) is 0 Å². The van der Waals surface area contributed by atoms with Crippen molar-refractivity contribution in [2.45, 2.75) is 171 Å². The minimum Gasteiger partial charge on any atom is -0.507 e. The Morgan fingerprint density at radius 2 is 0.731 bits per heavy atom. The number of allylic oxidation sites excluding steroid dienone is 2. The number of hydrogen-bond donors (Lipinski definition) is 9. The Labute approximate surface area is 701 Å². The molecule has 0 spiro atoms. The second-order valence-corrected chi connectivity index (χ2v) is 32.8. The van der Waals surface area contributed by atoms with Crippen LogP contribution < -0.4 is 4.74 Å². The van der Waals surface area contributed by atoms with Crippen LogP contribution in [0.5, 0.6) is 34.5 Å². The van der Waals surface area contributed by atoms with Crippen LogP contribution in [0.2, 0.25) is 0 Å². The molecular weight excluding hydrogens is 1470 g/mol. The van der Waals surface area contributed by atoms with Crippen LogP contribution in [0.4, 0.5) is 0 Å². The summed E-state index contributed by atoms with van der Waals surface area (Å²) in [7, 11) is 1.70. The molecule has 17 rings (SSSR count). The van der Waals surface area contributed by atoms with Crippen molar-refractivity contribution in [2.75, 3.05) is 7.11 Å². The van der Waals surface area contributed by atoms with Crippen molar-refractivity contribution < 1.29 is 55.5 Å². The molecule has 5 atom stereocenters. The van der Waals surface area contributed by atoms with Crippen LogP contribution in [0.15, 0.2) is 200 Å². The molecular formula is C108H108O11. The second-order valence-electron chi connectivity index (χ2n) is 32.8. The highest BCUT2D eigenvalue weighted by atomic mass is 16.5. The molecule has 0 aliphatic heterocycles. The summed E-state index contributed by atoms with van der Waals surface area (Å²) in [6.45, 7) is 27.2. The van der Waals surface area contributed by atoms with Gasteiger partial charge in [-0.05, 0) is 427 Å². The summed E-state index contributed by atoms with van der Waals surface area (Å²) in [6.07, 6.45) is 23.8. The number of rotatable bonds is 8. The number of methoxy groups -OCH3 is 1. The number of phenols is 5. The zero-order valence-corrected chi connectivity index (χ0v) is 70.9. The van der Waals surface area contributed by atoms with Crippen LogP contribution in [0.1, 0.15) is 190 Å². The average Bonchev–Trinajstić information content (AvgIpc) is 1.66. The third-order valence-corrected chi connectivity index (χ3v) is 23.9. The van der Waals surface area contributed by atoms with Crippen molar-refractivity contribution in [3.05, 3.63) is 328 Å². The van der Waals surface area contributed by atoms with Gasteiger partial charge in [-0.2, -0.15) is 0 Å². The Kier molecular flexibility index (Phi) is 25.8. The van der Waals surface area contributed by atoms with Gasteiger partial charge in [0.1, 0.15) is 34.5 Å². The molecule has 5 unspecified atom stereocenters. The number of fused-ring (bicyclic) bond motifs is 5. The maximum Gasteiger partial charge on any atom is 0.186 e. The van der Waals surface area contributed by atoms with E-state index in [1.165, 1.54) is 27.8 Å². The molecule has 0 amide bonds. The van der Waals surface area contributed by atoms with E-state index in [0.717, 1.165) is 205 Å². The summed E-state index contributed by atoms with van der Waals surface area (Å²) in [6, 6.07) is 63.0. The number of hydrogen-bond acceptors (Lipinski definition) is 11. The van der Waals surface area contributed by atoms with Gasteiger partial charge in [-0.25, -0.2) is 0 Å². The highest BCUT2D eigenvalue weighted by Gasteiger charge is 2.36. The van der Waals surface area contributed by atoms with Gasteiger partial charge in [0.2, 0.25) is 0 Å². The van der Waals surface area contributed by atoms with Gasteiger partial charge in [-0.3, -0.25) is 4.79 Å². The normalized spacial score (nSPS) is 16.8. The van der Waals surface area contributed by atoms with Crippen molar-refractivity contribution in [1.29, 1.82) is 0 Å². The van der Waals surface area contributed by atoms with E-state index >= 15 is 0 Å². The lowest BCUT2D eigenvalue weighted by Crippen LogP contribution is -2.18. The smallest absolute Gasteiger partial charge is 0.186 e. The monoisotopic (exact) mass is 1580 g/mol. The lowest BCUT2D eigenvalue weighted by molar-refractivity contribution is 0.102. The number of aryl methyl sites for hydroxylation is 15. The fourth-order valence-electron chi connectivity index (χ4n) is 17.0. The molecule has 119 heavy (non-hydrogen) atoms. The predicted octanol–water partition coefficient (Wildman–Crippen LogP) is 23.7. The Morgan fingerprint density at radius 3 is 1.12 bits per heavy atom. The van der Waals surface area contributed by atoms with Crippen molar-refractivity contribution in [2.24, 2.45) is 0 Å². The predicted molar refractivity (Wildman–Crippen MR) is 484 cm³/mol. The first-order valence-corrected chi connectivity index (χ1v) is 40.7. The molecule has 11 nitrogen and oxygen atoms in total. The quantitative estimate of drug-likeness (QED) is 0.0654. The number of phenolic OH excluding ortho intramolecular Hbond substituents is 5. The van der Waals surface area contributed by atoms with E-state index in [9.17, 15) is 50.8 Å². The Bertz CT molecular complexity index is 5930. The van der Waals surface area contributed by atoms with E-state index < -0.39 is 17.3 Å². The number of aliphatic hydroxyl groups is 4. The van der Waals surface area contributed by atoms with Crippen molar-refractivity contribution in [3.63, 3.8) is 0 Å². The highest BCUT2D eigenvalue weighted by Crippen LogP contribution is 2.44. The Hall–Kier alpha value is -12.5. The Balaban J connectivity index is 0.000000131. The summed E-state index contributed by atoms with van der Waals surface area (Å²) in [5, 5.41) is 89.5. The van der Waals surface area contributed by atoms with E-state index in [1.807, 2.05) is 209 Å². The van der Waals surface area contributed by atoms with Gasteiger partial charge in [-0.15, -0.1) is 12.8 Å². The first kappa shape index (κ1) is 85.9.